The third kappa shape index (κ3) is 18.9. The zero-order chi connectivity index (χ0) is 50.7. The van der Waals surface area contributed by atoms with Crippen molar-refractivity contribution in [3.05, 3.63) is 84.2 Å². The lowest BCUT2D eigenvalue weighted by Gasteiger charge is -2.35. The minimum Gasteiger partial charge on any atom is -0.444 e. The summed E-state index contributed by atoms with van der Waals surface area (Å²) in [5, 5.41) is 8.13. The van der Waals surface area contributed by atoms with Gasteiger partial charge in [0.15, 0.2) is 11.5 Å². The maximum Gasteiger partial charge on any atom is 0.434 e. The molecule has 4 heterocycles. The Morgan fingerprint density at radius 1 is 0.565 bits per heavy atom. The van der Waals surface area contributed by atoms with Gasteiger partial charge < -0.3 is 33.1 Å². The highest BCUT2D eigenvalue weighted by atomic mass is 35.5. The monoisotopic (exact) mass is 1030 g/mol. The number of amides is 2. The molecule has 4 aromatic rings. The van der Waals surface area contributed by atoms with E-state index in [1.165, 1.54) is 0 Å². The Labute approximate surface area is 391 Å². The third-order valence-electron chi connectivity index (χ3n) is 9.28. The summed E-state index contributed by atoms with van der Waals surface area (Å²) < 4.78 is 167. The zero-order valence-electron chi connectivity index (χ0n) is 36.0. The molecule has 27 heteroatoms. The van der Waals surface area contributed by atoms with Gasteiger partial charge >= 0.3 is 42.3 Å². The molecule has 384 valence electrons. The van der Waals surface area contributed by atoms with E-state index in [1.807, 2.05) is 92.4 Å². The second-order valence-electron chi connectivity index (χ2n) is 15.8. The SMILES string of the molecule is C.CC(C)(C)OC(=O)N1CCN(Cc2cc(-c3ccccc3)on2)CC1.O=C(Cl)OC(C(F)(F)F)C(F)(F)F.O=C(OC(C(F)(F)F)C(F)(F)F)N1CCN(Cc2cc(-c3ccccc3)on2)CC1. The predicted octanol–water partition coefficient (Wildman–Crippen LogP) is 11.0. The summed E-state index contributed by atoms with van der Waals surface area (Å²) in [7, 11) is 0. The molecule has 14 nitrogen and oxygen atoms in total. The van der Waals surface area contributed by atoms with Crippen molar-refractivity contribution in [2.24, 2.45) is 0 Å². The van der Waals surface area contributed by atoms with E-state index in [2.05, 4.69) is 36.3 Å². The average molecular weight is 1030 g/mol. The Morgan fingerprint density at radius 3 is 1.20 bits per heavy atom. The molecule has 2 aromatic carbocycles. The van der Waals surface area contributed by atoms with Crippen LogP contribution in [0.5, 0.6) is 0 Å². The number of piperazine rings is 2. The fourth-order valence-electron chi connectivity index (χ4n) is 6.12. The summed E-state index contributed by atoms with van der Waals surface area (Å²) in [5.41, 5.74) is 0.759. The summed E-state index contributed by atoms with van der Waals surface area (Å²) in [6, 6.07) is 22.9. The van der Waals surface area contributed by atoms with Crippen LogP contribution < -0.4 is 0 Å². The van der Waals surface area contributed by atoms with Gasteiger partial charge in [-0.25, -0.2) is 14.4 Å². The van der Waals surface area contributed by atoms with E-state index < -0.39 is 54.0 Å². The number of benzene rings is 2. The molecule has 0 N–H and O–H groups in total. The number of ether oxygens (including phenoxy) is 3. The lowest BCUT2D eigenvalue weighted by Crippen LogP contribution is -2.52. The molecule has 2 aliphatic rings. The highest BCUT2D eigenvalue weighted by Crippen LogP contribution is 2.37. The van der Waals surface area contributed by atoms with Crippen LogP contribution in [-0.4, -0.2) is 142 Å². The van der Waals surface area contributed by atoms with E-state index in [4.69, 9.17) is 13.8 Å². The molecular formula is C42H47ClF12N6O8. The van der Waals surface area contributed by atoms with Crippen LogP contribution in [-0.2, 0) is 27.3 Å². The van der Waals surface area contributed by atoms with Crippen LogP contribution in [0.1, 0.15) is 39.6 Å². The molecule has 2 aromatic heterocycles. The van der Waals surface area contributed by atoms with Gasteiger partial charge in [-0.3, -0.25) is 9.80 Å². The molecule has 0 aliphatic carbocycles. The highest BCUT2D eigenvalue weighted by molar-refractivity contribution is 6.61. The van der Waals surface area contributed by atoms with Gasteiger partial charge in [0.25, 0.3) is 12.2 Å². The predicted molar refractivity (Wildman–Crippen MR) is 221 cm³/mol. The van der Waals surface area contributed by atoms with Crippen LogP contribution in [0.4, 0.5) is 67.1 Å². The van der Waals surface area contributed by atoms with Crippen molar-refractivity contribution < 1.29 is 90.3 Å². The topological polar surface area (TPSA) is 144 Å². The Kier molecular flexibility index (Phi) is 20.2. The molecular weight excluding hydrogens is 980 g/mol. The van der Waals surface area contributed by atoms with Crippen LogP contribution in [0.2, 0.25) is 0 Å². The minimum absolute atomic E-state index is 0. The molecule has 2 saturated heterocycles. The molecule has 0 bridgehead atoms. The van der Waals surface area contributed by atoms with Gasteiger partial charge in [0, 0.05) is 100 Å². The zero-order valence-corrected chi connectivity index (χ0v) is 36.8. The Morgan fingerprint density at radius 2 is 0.899 bits per heavy atom. The summed E-state index contributed by atoms with van der Waals surface area (Å²) in [5.74, 6) is 1.35. The van der Waals surface area contributed by atoms with E-state index >= 15 is 0 Å². The molecule has 69 heavy (non-hydrogen) atoms. The Bertz CT molecular complexity index is 2170. The van der Waals surface area contributed by atoms with Crippen LogP contribution in [0.25, 0.3) is 22.6 Å². The van der Waals surface area contributed by atoms with Crippen LogP contribution in [0, 0.1) is 0 Å². The molecule has 6 rings (SSSR count). The van der Waals surface area contributed by atoms with E-state index in [0.29, 0.717) is 31.1 Å². The molecule has 0 spiro atoms. The molecule has 0 saturated carbocycles. The van der Waals surface area contributed by atoms with Crippen molar-refractivity contribution in [1.29, 1.82) is 0 Å². The largest absolute Gasteiger partial charge is 0.444 e. The Hall–Kier alpha value is -5.76. The Balaban J connectivity index is 0.000000293. The van der Waals surface area contributed by atoms with Gasteiger partial charge in [0.05, 0.1) is 11.4 Å². The average Bonchev–Trinajstić information content (AvgIpc) is 3.91. The number of aromatic nitrogens is 2. The number of hydrogen-bond donors (Lipinski definition) is 0. The maximum absolute atomic E-state index is 12.5. The molecule has 0 radical (unpaired) electrons. The number of halogens is 13. The highest BCUT2D eigenvalue weighted by Gasteiger charge is 2.61. The molecule has 2 amide bonds. The lowest BCUT2D eigenvalue weighted by molar-refractivity contribution is -0.308. The molecule has 0 unspecified atom stereocenters. The van der Waals surface area contributed by atoms with Gasteiger partial charge in [0.1, 0.15) is 5.60 Å². The lowest BCUT2D eigenvalue weighted by atomic mass is 10.1. The van der Waals surface area contributed by atoms with E-state index in [0.717, 1.165) is 47.1 Å². The van der Waals surface area contributed by atoms with E-state index in [9.17, 15) is 67.1 Å². The number of nitrogens with zero attached hydrogens (tertiary/aromatic N) is 6. The summed E-state index contributed by atoms with van der Waals surface area (Å²) in [4.78, 5) is 40.3. The normalized spacial score (nSPS) is 15.3. The number of rotatable bonds is 8. The van der Waals surface area contributed by atoms with E-state index in [1.54, 1.807) is 11.0 Å². The number of alkyl halides is 12. The maximum atomic E-state index is 12.5. The minimum atomic E-state index is -5.74. The van der Waals surface area contributed by atoms with Crippen LogP contribution in [0.15, 0.2) is 81.8 Å². The summed E-state index contributed by atoms with van der Waals surface area (Å²) in [6.07, 6.45) is -33.1. The summed E-state index contributed by atoms with van der Waals surface area (Å²) in [6.45, 7) is 9.95. The first kappa shape index (κ1) is 57.6. The van der Waals surface area contributed by atoms with Gasteiger partial charge in [0.2, 0.25) is 0 Å². The van der Waals surface area contributed by atoms with Crippen molar-refractivity contribution in [2.45, 2.75) is 83.8 Å². The standard InChI is InChI=1S/C19H25N3O3.C18H17F6N3O3.C4HClF6O2.CH4/c1-19(2,3)24-18(23)22-11-9-21(10-12-22)14-16-13-17(25-20-16)15-7-5-4-6-8-15;19-17(20,21)15(18(22,23)24)29-16(28)27-8-6-26(7-9-27)11-13-10-14(30-25-13)12-4-2-1-3-5-12;5-2(12)13-1(3(6,7)8)4(9,10)11;/h4-8,13H,9-12,14H2,1-3H3;1-5,10,15H,6-9,11H2;1H;1H4. The van der Waals surface area contributed by atoms with Crippen molar-refractivity contribution >= 4 is 29.2 Å². The molecule has 2 aliphatic heterocycles. The van der Waals surface area contributed by atoms with Crippen molar-refractivity contribution in [2.75, 3.05) is 52.4 Å². The number of hydrogen-bond acceptors (Lipinski definition) is 12. The van der Waals surface area contributed by atoms with Gasteiger partial charge in [-0.1, -0.05) is 78.4 Å². The third-order valence-corrected chi connectivity index (χ3v) is 9.37. The van der Waals surface area contributed by atoms with Gasteiger partial charge in [-0.15, -0.1) is 0 Å². The van der Waals surface area contributed by atoms with E-state index in [-0.39, 0.29) is 39.7 Å². The first-order valence-corrected chi connectivity index (χ1v) is 20.4. The number of carbonyl (C=O) groups is 3. The second-order valence-corrected chi connectivity index (χ2v) is 16.1. The van der Waals surface area contributed by atoms with Crippen LogP contribution in [0.3, 0.4) is 0 Å². The van der Waals surface area contributed by atoms with Crippen molar-refractivity contribution in [1.82, 2.24) is 29.9 Å². The first-order chi connectivity index (χ1) is 31.5. The van der Waals surface area contributed by atoms with Crippen molar-refractivity contribution in [3.8, 4) is 22.6 Å². The second kappa shape index (κ2) is 24.2. The van der Waals surface area contributed by atoms with Crippen molar-refractivity contribution in [3.63, 3.8) is 0 Å². The number of carbonyl (C=O) groups excluding carboxylic acids is 3. The van der Waals surface area contributed by atoms with Crippen LogP contribution >= 0.6 is 11.6 Å². The smallest absolute Gasteiger partial charge is 0.434 e. The fraction of sp³-hybridized carbons (Fsp3) is 0.500. The first-order valence-electron chi connectivity index (χ1n) is 20.0. The van der Waals surface area contributed by atoms with Gasteiger partial charge in [-0.05, 0) is 20.8 Å². The summed E-state index contributed by atoms with van der Waals surface area (Å²) >= 11 is 4.22. The van der Waals surface area contributed by atoms with Gasteiger partial charge in [-0.2, -0.15) is 52.7 Å². The fourth-order valence-corrected chi connectivity index (χ4v) is 6.21. The quantitative estimate of drug-likeness (QED) is 0.0941. The molecule has 2 fully saturated rings. The molecule has 0 atom stereocenters.